The smallest absolute Gasteiger partial charge is 0.475 e. The lowest BCUT2D eigenvalue weighted by Gasteiger charge is -2.29. The quantitative estimate of drug-likeness (QED) is 0.536. The maximum Gasteiger partial charge on any atom is 0.490 e. The van der Waals surface area contributed by atoms with Crippen LogP contribution >= 0.6 is 11.3 Å². The molecular weight excluding hydrogens is 497 g/mol. The Balaban J connectivity index is 0.000000406. The van der Waals surface area contributed by atoms with E-state index in [1.54, 1.807) is 42.5 Å². The minimum absolute atomic E-state index is 0.224. The van der Waals surface area contributed by atoms with Gasteiger partial charge in [-0.05, 0) is 30.3 Å². The summed E-state index contributed by atoms with van der Waals surface area (Å²) in [6.07, 6.45) is -5.08. The Kier molecular flexibility index (Phi) is 7.74. The topological polar surface area (TPSA) is 136 Å². The molecule has 0 bridgehead atoms. The zero-order valence-electron chi connectivity index (χ0n) is 17.4. The highest BCUT2D eigenvalue weighted by atomic mass is 32.2. The van der Waals surface area contributed by atoms with Gasteiger partial charge in [-0.3, -0.25) is 0 Å². The van der Waals surface area contributed by atoms with Crippen molar-refractivity contribution < 1.29 is 36.2 Å². The molecule has 2 aromatic carbocycles. The van der Waals surface area contributed by atoms with E-state index in [2.05, 4.69) is 15.1 Å². The number of nitrogens with zero attached hydrogens (tertiary/aromatic N) is 3. The predicted octanol–water partition coefficient (Wildman–Crippen LogP) is 3.09. The molecule has 4 rings (SSSR count). The Morgan fingerprint density at radius 1 is 1.06 bits per heavy atom. The largest absolute Gasteiger partial charge is 0.490 e. The van der Waals surface area contributed by atoms with Crippen molar-refractivity contribution in [2.24, 2.45) is 0 Å². The molecule has 0 radical (unpaired) electrons. The number of hydrogen-bond donors (Lipinski definition) is 2. The number of alkyl halides is 3. The number of carboxylic acids is 1. The van der Waals surface area contributed by atoms with Crippen molar-refractivity contribution in [2.75, 3.05) is 36.9 Å². The molecule has 0 aliphatic carbocycles. The Morgan fingerprint density at radius 3 is 2.21 bits per heavy atom. The SMILES string of the molecule is Nc1nnc(-c2cc(N3CCOCC3)cc(S(=O)(=O)c3ccccc3)c2)s1.O=C(O)C(F)(F)F. The van der Waals surface area contributed by atoms with Crippen LogP contribution in [0.25, 0.3) is 10.6 Å². The van der Waals surface area contributed by atoms with Gasteiger partial charge in [0.1, 0.15) is 5.01 Å². The molecule has 1 saturated heterocycles. The van der Waals surface area contributed by atoms with Gasteiger partial charge in [0.05, 0.1) is 23.0 Å². The summed E-state index contributed by atoms with van der Waals surface area (Å²) in [5, 5.41) is 16.0. The zero-order chi connectivity index (χ0) is 24.9. The highest BCUT2D eigenvalue weighted by Gasteiger charge is 2.38. The average Bonchev–Trinajstić information content (AvgIpc) is 3.26. The Morgan fingerprint density at radius 2 is 1.68 bits per heavy atom. The van der Waals surface area contributed by atoms with E-state index in [-0.39, 0.29) is 9.79 Å². The van der Waals surface area contributed by atoms with Crippen LogP contribution in [0.3, 0.4) is 0 Å². The molecule has 14 heteroatoms. The van der Waals surface area contributed by atoms with Gasteiger partial charge in [0, 0.05) is 24.3 Å². The second kappa shape index (κ2) is 10.4. The van der Waals surface area contributed by atoms with Crippen molar-refractivity contribution in [2.45, 2.75) is 16.0 Å². The lowest BCUT2D eigenvalue weighted by Crippen LogP contribution is -2.36. The number of anilines is 2. The van der Waals surface area contributed by atoms with Crippen LogP contribution in [0.15, 0.2) is 58.3 Å². The van der Waals surface area contributed by atoms with Crippen molar-refractivity contribution in [1.82, 2.24) is 10.2 Å². The minimum atomic E-state index is -5.08. The lowest BCUT2D eigenvalue weighted by atomic mass is 10.2. The number of hydrogen-bond acceptors (Lipinski definition) is 9. The van der Waals surface area contributed by atoms with Gasteiger partial charge in [0.2, 0.25) is 15.0 Å². The highest BCUT2D eigenvalue weighted by Crippen LogP contribution is 2.33. The number of nitrogens with two attached hydrogens (primary N) is 1. The van der Waals surface area contributed by atoms with Gasteiger partial charge < -0.3 is 20.5 Å². The van der Waals surface area contributed by atoms with Crippen LogP contribution in [-0.2, 0) is 19.4 Å². The Bertz CT molecular complexity index is 1240. The summed E-state index contributed by atoms with van der Waals surface area (Å²) < 4.78 is 63.5. The molecule has 182 valence electrons. The molecule has 2 heterocycles. The lowest BCUT2D eigenvalue weighted by molar-refractivity contribution is -0.192. The fraction of sp³-hybridized carbons (Fsp3) is 0.250. The summed E-state index contributed by atoms with van der Waals surface area (Å²) in [6, 6.07) is 13.7. The summed E-state index contributed by atoms with van der Waals surface area (Å²) >= 11 is 1.23. The molecule has 3 aromatic rings. The van der Waals surface area contributed by atoms with E-state index in [1.807, 2.05) is 6.07 Å². The normalized spacial score (nSPS) is 14.3. The number of carboxylic acid groups (broad SMARTS) is 1. The van der Waals surface area contributed by atoms with Crippen molar-refractivity contribution in [3.05, 3.63) is 48.5 Å². The number of sulfone groups is 1. The molecule has 0 saturated carbocycles. The van der Waals surface area contributed by atoms with Gasteiger partial charge in [-0.1, -0.05) is 29.5 Å². The van der Waals surface area contributed by atoms with Crippen LogP contribution in [0.5, 0.6) is 0 Å². The molecule has 1 aliphatic rings. The molecule has 34 heavy (non-hydrogen) atoms. The van der Waals surface area contributed by atoms with Crippen LogP contribution in [0.1, 0.15) is 0 Å². The van der Waals surface area contributed by atoms with Gasteiger partial charge in [0.25, 0.3) is 0 Å². The number of aliphatic carboxylic acids is 1. The van der Waals surface area contributed by atoms with E-state index in [1.165, 1.54) is 11.3 Å². The number of nitrogen functional groups attached to an aromatic ring is 1. The Labute approximate surface area is 196 Å². The van der Waals surface area contributed by atoms with E-state index in [0.29, 0.717) is 42.0 Å². The molecule has 0 amide bonds. The van der Waals surface area contributed by atoms with Crippen LogP contribution in [-0.4, -0.2) is 62.2 Å². The first kappa shape index (κ1) is 25.4. The molecule has 0 unspecified atom stereocenters. The van der Waals surface area contributed by atoms with Gasteiger partial charge in [-0.15, -0.1) is 10.2 Å². The van der Waals surface area contributed by atoms with Crippen molar-refractivity contribution in [1.29, 1.82) is 0 Å². The number of rotatable bonds is 4. The zero-order valence-corrected chi connectivity index (χ0v) is 19.0. The van der Waals surface area contributed by atoms with Crippen molar-refractivity contribution >= 4 is 38.0 Å². The third-order valence-corrected chi connectivity index (χ3v) is 7.11. The van der Waals surface area contributed by atoms with Gasteiger partial charge >= 0.3 is 12.1 Å². The van der Waals surface area contributed by atoms with E-state index in [9.17, 15) is 21.6 Å². The fourth-order valence-corrected chi connectivity index (χ4v) is 4.90. The van der Waals surface area contributed by atoms with E-state index < -0.39 is 22.0 Å². The molecular formula is C20H19F3N4O5S2. The number of ether oxygens (including phenoxy) is 1. The van der Waals surface area contributed by atoms with Crippen molar-refractivity contribution in [3.8, 4) is 10.6 Å². The average molecular weight is 517 g/mol. The molecule has 3 N–H and O–H groups in total. The van der Waals surface area contributed by atoms with Gasteiger partial charge in [0.15, 0.2) is 0 Å². The van der Waals surface area contributed by atoms with E-state index in [4.69, 9.17) is 20.4 Å². The third kappa shape index (κ3) is 6.21. The number of aromatic nitrogens is 2. The summed E-state index contributed by atoms with van der Waals surface area (Å²) in [5.74, 6) is -2.76. The van der Waals surface area contributed by atoms with Crippen LogP contribution in [0.2, 0.25) is 0 Å². The molecule has 1 fully saturated rings. The standard InChI is InChI=1S/C18H18N4O3S2.C2HF3O2/c19-18-21-20-17(26-18)13-10-14(22-6-8-25-9-7-22)12-16(11-13)27(23,24)15-4-2-1-3-5-15;3-2(4,5)1(6)7/h1-5,10-12H,6-9H2,(H2,19,21);(H,6,7). The molecule has 1 aliphatic heterocycles. The molecule has 0 atom stereocenters. The highest BCUT2D eigenvalue weighted by molar-refractivity contribution is 7.91. The first-order chi connectivity index (χ1) is 16.0. The summed E-state index contributed by atoms with van der Waals surface area (Å²) in [7, 11) is -3.66. The summed E-state index contributed by atoms with van der Waals surface area (Å²) in [5.41, 5.74) is 7.21. The molecule has 1 aromatic heterocycles. The summed E-state index contributed by atoms with van der Waals surface area (Å²) in [4.78, 5) is 11.5. The number of carbonyl (C=O) groups is 1. The third-order valence-electron chi connectivity index (χ3n) is 4.56. The first-order valence-corrected chi connectivity index (χ1v) is 12.0. The van der Waals surface area contributed by atoms with Crippen LogP contribution in [0.4, 0.5) is 24.0 Å². The monoisotopic (exact) mass is 516 g/mol. The minimum Gasteiger partial charge on any atom is -0.475 e. The number of benzene rings is 2. The second-order valence-corrected chi connectivity index (χ2v) is 9.84. The van der Waals surface area contributed by atoms with Crippen LogP contribution < -0.4 is 10.6 Å². The first-order valence-electron chi connectivity index (χ1n) is 9.66. The van der Waals surface area contributed by atoms with E-state index >= 15 is 0 Å². The Hall–Kier alpha value is -3.23. The van der Waals surface area contributed by atoms with Crippen molar-refractivity contribution in [3.63, 3.8) is 0 Å². The van der Waals surface area contributed by atoms with Gasteiger partial charge in [-0.2, -0.15) is 13.2 Å². The maximum atomic E-state index is 13.2. The number of halogens is 3. The second-order valence-electron chi connectivity index (χ2n) is 6.88. The summed E-state index contributed by atoms with van der Waals surface area (Å²) in [6.45, 7) is 2.62. The predicted molar refractivity (Wildman–Crippen MR) is 118 cm³/mol. The van der Waals surface area contributed by atoms with E-state index in [0.717, 1.165) is 5.69 Å². The van der Waals surface area contributed by atoms with Crippen LogP contribution in [0, 0.1) is 0 Å². The number of morpholine rings is 1. The fourth-order valence-electron chi connectivity index (χ4n) is 2.95. The molecule has 9 nitrogen and oxygen atoms in total. The van der Waals surface area contributed by atoms with Gasteiger partial charge in [-0.25, -0.2) is 13.2 Å². The maximum absolute atomic E-state index is 13.2. The molecule has 0 spiro atoms.